The van der Waals surface area contributed by atoms with Gasteiger partial charge in [0.05, 0.1) is 24.3 Å². The van der Waals surface area contributed by atoms with Gasteiger partial charge in [-0.1, -0.05) is 0 Å². The predicted octanol–water partition coefficient (Wildman–Crippen LogP) is 2.54. The standard InChI is InChI=1S/C18H21N3O5/c1-2-25-17-6-5-14(12-16(17)21(23)24)18(22)20-9-7-19(8-10-20)13-15-4-3-11-26-15/h3-6,11-12H,2,7-10,13H2,1H3. The summed E-state index contributed by atoms with van der Waals surface area (Å²) >= 11 is 0. The van der Waals surface area contributed by atoms with E-state index in [4.69, 9.17) is 9.15 Å². The molecule has 0 unspecified atom stereocenters. The Morgan fingerprint density at radius 2 is 2.04 bits per heavy atom. The predicted molar refractivity (Wildman–Crippen MR) is 94.2 cm³/mol. The molecule has 0 N–H and O–H groups in total. The summed E-state index contributed by atoms with van der Waals surface area (Å²) in [6.07, 6.45) is 1.65. The highest BCUT2D eigenvalue weighted by Crippen LogP contribution is 2.28. The van der Waals surface area contributed by atoms with Crippen molar-refractivity contribution >= 4 is 11.6 Å². The Morgan fingerprint density at radius 1 is 1.27 bits per heavy atom. The largest absolute Gasteiger partial charge is 0.487 e. The molecular formula is C18H21N3O5. The highest BCUT2D eigenvalue weighted by molar-refractivity contribution is 5.95. The van der Waals surface area contributed by atoms with E-state index in [2.05, 4.69) is 4.90 Å². The van der Waals surface area contributed by atoms with Gasteiger partial charge in [0.15, 0.2) is 5.75 Å². The first kappa shape index (κ1) is 17.9. The van der Waals surface area contributed by atoms with Gasteiger partial charge in [0.1, 0.15) is 5.76 Å². The van der Waals surface area contributed by atoms with Crippen LogP contribution in [0, 0.1) is 10.1 Å². The molecule has 0 radical (unpaired) electrons. The number of nitro benzene ring substituents is 1. The molecule has 1 aromatic carbocycles. The van der Waals surface area contributed by atoms with Crippen LogP contribution >= 0.6 is 0 Å². The van der Waals surface area contributed by atoms with E-state index in [0.717, 1.165) is 18.8 Å². The number of amides is 1. The monoisotopic (exact) mass is 359 g/mol. The number of carbonyl (C=O) groups is 1. The van der Waals surface area contributed by atoms with E-state index >= 15 is 0 Å². The van der Waals surface area contributed by atoms with Crippen molar-refractivity contribution in [3.8, 4) is 5.75 Å². The Balaban J connectivity index is 1.64. The molecule has 1 aromatic heterocycles. The average molecular weight is 359 g/mol. The van der Waals surface area contributed by atoms with Crippen LogP contribution in [0.4, 0.5) is 5.69 Å². The molecular weight excluding hydrogens is 338 g/mol. The van der Waals surface area contributed by atoms with Gasteiger partial charge in [0.2, 0.25) is 0 Å². The van der Waals surface area contributed by atoms with Crippen molar-refractivity contribution in [2.45, 2.75) is 13.5 Å². The van der Waals surface area contributed by atoms with E-state index in [0.29, 0.717) is 31.8 Å². The number of nitro groups is 1. The zero-order valence-corrected chi connectivity index (χ0v) is 14.6. The van der Waals surface area contributed by atoms with Gasteiger partial charge in [0, 0.05) is 37.8 Å². The maximum absolute atomic E-state index is 12.7. The lowest BCUT2D eigenvalue weighted by Gasteiger charge is -2.34. The van der Waals surface area contributed by atoms with E-state index in [1.807, 2.05) is 12.1 Å². The highest BCUT2D eigenvalue weighted by Gasteiger charge is 2.25. The smallest absolute Gasteiger partial charge is 0.311 e. The highest BCUT2D eigenvalue weighted by atomic mass is 16.6. The molecule has 138 valence electrons. The van der Waals surface area contributed by atoms with Crippen molar-refractivity contribution in [2.75, 3.05) is 32.8 Å². The fourth-order valence-electron chi connectivity index (χ4n) is 2.99. The Morgan fingerprint density at radius 3 is 2.65 bits per heavy atom. The van der Waals surface area contributed by atoms with Gasteiger partial charge < -0.3 is 14.1 Å². The summed E-state index contributed by atoms with van der Waals surface area (Å²) in [6.45, 7) is 5.39. The molecule has 0 bridgehead atoms. The van der Waals surface area contributed by atoms with Crippen LogP contribution in [0.5, 0.6) is 5.75 Å². The summed E-state index contributed by atoms with van der Waals surface area (Å²) in [4.78, 5) is 27.3. The van der Waals surface area contributed by atoms with Gasteiger partial charge in [0.25, 0.3) is 5.91 Å². The lowest BCUT2D eigenvalue weighted by molar-refractivity contribution is -0.385. The van der Waals surface area contributed by atoms with Crippen LogP contribution in [0.15, 0.2) is 41.0 Å². The van der Waals surface area contributed by atoms with Crippen LogP contribution < -0.4 is 4.74 Å². The number of piperazine rings is 1. The summed E-state index contributed by atoms with van der Waals surface area (Å²) in [7, 11) is 0. The zero-order chi connectivity index (χ0) is 18.5. The lowest BCUT2D eigenvalue weighted by Crippen LogP contribution is -2.48. The van der Waals surface area contributed by atoms with Gasteiger partial charge in [-0.25, -0.2) is 0 Å². The summed E-state index contributed by atoms with van der Waals surface area (Å²) in [5, 5.41) is 11.2. The van der Waals surface area contributed by atoms with Crippen LogP contribution in [0.2, 0.25) is 0 Å². The van der Waals surface area contributed by atoms with Crippen molar-refractivity contribution < 1.29 is 18.9 Å². The summed E-state index contributed by atoms with van der Waals surface area (Å²) in [6, 6.07) is 8.14. The van der Waals surface area contributed by atoms with Gasteiger partial charge in [-0.15, -0.1) is 0 Å². The first-order valence-electron chi connectivity index (χ1n) is 8.53. The maximum Gasteiger partial charge on any atom is 0.311 e. The molecule has 1 saturated heterocycles. The molecule has 0 spiro atoms. The Hall–Kier alpha value is -2.87. The van der Waals surface area contributed by atoms with Gasteiger partial charge in [-0.2, -0.15) is 0 Å². The molecule has 0 saturated carbocycles. The maximum atomic E-state index is 12.7. The van der Waals surface area contributed by atoms with Gasteiger partial charge >= 0.3 is 5.69 Å². The topological polar surface area (TPSA) is 89.1 Å². The first-order valence-corrected chi connectivity index (χ1v) is 8.53. The van der Waals surface area contributed by atoms with Crippen LogP contribution in [-0.2, 0) is 6.54 Å². The number of benzene rings is 1. The third kappa shape index (κ3) is 4.02. The first-order chi connectivity index (χ1) is 12.6. The quantitative estimate of drug-likeness (QED) is 0.582. The molecule has 2 heterocycles. The summed E-state index contributed by atoms with van der Waals surface area (Å²) < 4.78 is 10.6. The second-order valence-corrected chi connectivity index (χ2v) is 6.02. The molecule has 3 rings (SSSR count). The zero-order valence-electron chi connectivity index (χ0n) is 14.6. The summed E-state index contributed by atoms with van der Waals surface area (Å²) in [5.74, 6) is 0.873. The van der Waals surface area contributed by atoms with Crippen LogP contribution in [0.3, 0.4) is 0 Å². The van der Waals surface area contributed by atoms with Gasteiger partial charge in [-0.3, -0.25) is 19.8 Å². The molecule has 1 fully saturated rings. The number of rotatable bonds is 6. The number of ether oxygens (including phenoxy) is 1. The van der Waals surface area contributed by atoms with Crippen molar-refractivity contribution in [3.63, 3.8) is 0 Å². The van der Waals surface area contributed by atoms with E-state index in [9.17, 15) is 14.9 Å². The molecule has 1 aliphatic rings. The van der Waals surface area contributed by atoms with Crippen molar-refractivity contribution in [2.24, 2.45) is 0 Å². The third-order valence-corrected chi connectivity index (χ3v) is 4.32. The van der Waals surface area contributed by atoms with E-state index in [1.165, 1.54) is 12.1 Å². The Bertz CT molecular complexity index is 767. The number of hydrogen-bond acceptors (Lipinski definition) is 6. The third-order valence-electron chi connectivity index (χ3n) is 4.32. The van der Waals surface area contributed by atoms with Crippen molar-refractivity contribution in [1.29, 1.82) is 0 Å². The Labute approximate surface area is 151 Å². The fourth-order valence-corrected chi connectivity index (χ4v) is 2.99. The fraction of sp³-hybridized carbons (Fsp3) is 0.389. The molecule has 0 aliphatic carbocycles. The van der Waals surface area contributed by atoms with Gasteiger partial charge in [-0.05, 0) is 31.2 Å². The molecule has 8 nitrogen and oxygen atoms in total. The van der Waals surface area contributed by atoms with Crippen LogP contribution in [0.1, 0.15) is 23.0 Å². The molecule has 0 atom stereocenters. The van der Waals surface area contributed by atoms with E-state index in [1.54, 1.807) is 24.2 Å². The van der Waals surface area contributed by atoms with Crippen molar-refractivity contribution in [3.05, 3.63) is 58.0 Å². The molecule has 1 aliphatic heterocycles. The Kier molecular flexibility index (Phi) is 5.52. The van der Waals surface area contributed by atoms with Crippen LogP contribution in [-0.4, -0.2) is 53.4 Å². The van der Waals surface area contributed by atoms with E-state index < -0.39 is 4.92 Å². The summed E-state index contributed by atoms with van der Waals surface area (Å²) in [5.41, 5.74) is 0.119. The van der Waals surface area contributed by atoms with Crippen molar-refractivity contribution in [1.82, 2.24) is 9.80 Å². The number of hydrogen-bond donors (Lipinski definition) is 0. The SMILES string of the molecule is CCOc1ccc(C(=O)N2CCN(Cc3ccco3)CC2)cc1[N+](=O)[O-]. The molecule has 26 heavy (non-hydrogen) atoms. The number of nitrogens with zero attached hydrogens (tertiary/aromatic N) is 3. The minimum absolute atomic E-state index is 0.178. The average Bonchev–Trinajstić information content (AvgIpc) is 3.15. The second kappa shape index (κ2) is 8.01. The normalized spacial score (nSPS) is 15.0. The number of furan rings is 1. The van der Waals surface area contributed by atoms with Crippen LogP contribution in [0.25, 0.3) is 0 Å². The minimum Gasteiger partial charge on any atom is -0.487 e. The minimum atomic E-state index is -0.525. The van der Waals surface area contributed by atoms with E-state index in [-0.39, 0.29) is 17.3 Å². The molecule has 2 aromatic rings. The molecule has 1 amide bonds. The number of carbonyl (C=O) groups excluding carboxylic acids is 1. The molecule has 8 heteroatoms. The second-order valence-electron chi connectivity index (χ2n) is 6.02. The lowest BCUT2D eigenvalue weighted by atomic mass is 10.1.